The van der Waals surface area contributed by atoms with Gasteiger partial charge in [-0.15, -0.1) is 0 Å². The molecule has 0 saturated carbocycles. The van der Waals surface area contributed by atoms with Crippen molar-refractivity contribution in [1.29, 1.82) is 0 Å². The number of aromatic hydroxyl groups is 1. The van der Waals surface area contributed by atoms with E-state index in [0.717, 1.165) is 12.5 Å². The first kappa shape index (κ1) is 49.5. The second-order valence-electron chi connectivity index (χ2n) is 12.1. The number of hydrogen-bond donors (Lipinski definition) is 3. The van der Waals surface area contributed by atoms with Crippen molar-refractivity contribution in [3.05, 3.63) is 155 Å². The molecule has 61 heavy (non-hydrogen) atoms. The van der Waals surface area contributed by atoms with Gasteiger partial charge in [0.1, 0.15) is 16.5 Å². The molecule has 0 aliphatic carbocycles. The van der Waals surface area contributed by atoms with Crippen LogP contribution in [0, 0.1) is 5.95 Å². The van der Waals surface area contributed by atoms with E-state index < -0.39 is 37.8 Å². The lowest BCUT2D eigenvalue weighted by Crippen LogP contribution is -2.29. The maximum Gasteiger partial charge on any atom is 0.264 e. The summed E-state index contributed by atoms with van der Waals surface area (Å²) in [6.07, 6.45) is 4.49. The minimum Gasteiger partial charge on any atom is -0.508 e. The normalized spacial score (nSPS) is 11.0. The summed E-state index contributed by atoms with van der Waals surface area (Å²) < 4.78 is 66.9. The summed E-state index contributed by atoms with van der Waals surface area (Å²) in [7, 11) is -7.36. The Balaban J connectivity index is 0.000000230. The van der Waals surface area contributed by atoms with Crippen molar-refractivity contribution < 1.29 is 40.7 Å². The summed E-state index contributed by atoms with van der Waals surface area (Å²) in [6.45, 7) is 0. The third kappa shape index (κ3) is 15.6. The maximum absolute atomic E-state index is 13.1. The smallest absolute Gasteiger partial charge is 0.264 e. The molecule has 0 unspecified atom stereocenters. The number of sulfonamides is 2. The summed E-state index contributed by atoms with van der Waals surface area (Å²) in [6, 6.07) is 20.6. The van der Waals surface area contributed by atoms with Crippen LogP contribution in [0.3, 0.4) is 0 Å². The Morgan fingerprint density at radius 2 is 0.984 bits per heavy atom. The van der Waals surface area contributed by atoms with Crippen molar-refractivity contribution in [1.82, 2.24) is 19.4 Å². The predicted molar refractivity (Wildman–Crippen MR) is 239 cm³/mol. The van der Waals surface area contributed by atoms with Gasteiger partial charge in [0.2, 0.25) is 31.9 Å². The number of nitrogens with one attached hydrogen (secondary N) is 2. The number of phenolic OH excluding ortho intramolecular Hbond substituents is 1. The largest absolute Gasteiger partial charge is 0.508 e. The number of halogens is 9. The van der Waals surface area contributed by atoms with Crippen LogP contribution in [-0.2, 0) is 20.0 Å². The highest BCUT2D eigenvalue weighted by molar-refractivity contribution is 7.89. The Labute approximate surface area is 388 Å². The van der Waals surface area contributed by atoms with Crippen molar-refractivity contribution >= 4 is 125 Å². The molecule has 0 fully saturated rings. The first-order valence-corrected chi connectivity index (χ1v) is 23.1. The quantitative estimate of drug-likeness (QED) is 0.124. The Hall–Kier alpha value is -4.13. The van der Waals surface area contributed by atoms with Gasteiger partial charge in [0.05, 0.1) is 17.5 Å². The second kappa shape index (κ2) is 21.3. The van der Waals surface area contributed by atoms with Gasteiger partial charge in [0.15, 0.2) is 0 Å². The number of amides is 2. The van der Waals surface area contributed by atoms with Crippen LogP contribution in [0.25, 0.3) is 22.3 Å². The van der Waals surface area contributed by atoms with Gasteiger partial charge in [0.25, 0.3) is 11.8 Å². The monoisotopic (exact) mass is 1030 g/mol. The van der Waals surface area contributed by atoms with E-state index in [1.807, 2.05) is 9.44 Å². The van der Waals surface area contributed by atoms with E-state index in [2.05, 4.69) is 9.97 Å². The fourth-order valence-corrected chi connectivity index (χ4v) is 7.57. The van der Waals surface area contributed by atoms with Gasteiger partial charge < -0.3 is 9.84 Å². The summed E-state index contributed by atoms with van der Waals surface area (Å²) >= 11 is 47.2. The first-order chi connectivity index (χ1) is 28.4. The van der Waals surface area contributed by atoms with Crippen molar-refractivity contribution in [2.24, 2.45) is 0 Å². The molecule has 0 bridgehead atoms. The average Bonchev–Trinajstić information content (AvgIpc) is 3.12. The van der Waals surface area contributed by atoms with Crippen molar-refractivity contribution in [2.45, 2.75) is 0 Å². The van der Waals surface area contributed by atoms with Gasteiger partial charge in [-0.3, -0.25) is 9.59 Å². The third-order valence-electron chi connectivity index (χ3n) is 7.14. The number of benzene rings is 4. The van der Waals surface area contributed by atoms with Gasteiger partial charge in [0, 0.05) is 75.9 Å². The molecule has 4 aromatic carbocycles. The SMILES string of the molecule is CS(=O)(=O)NC(=O)c1ccc(-c2cnc(F)c(Cl)c2)c(Cl)c1.CS(=O)(=O)NC(=O)c1ccc(-c2cnc(Oc3cc(Cl)cc(Cl)c3)c(Cl)c2)c(Cl)c1.Oc1cc(Cl)cc(Cl)c1. The highest BCUT2D eigenvalue weighted by Crippen LogP contribution is 2.36. The fourth-order valence-electron chi connectivity index (χ4n) is 4.69. The zero-order valence-electron chi connectivity index (χ0n) is 30.7. The number of pyridine rings is 2. The highest BCUT2D eigenvalue weighted by Gasteiger charge is 2.17. The number of hydrogen-bond acceptors (Lipinski definition) is 10. The molecule has 23 heteroatoms. The number of ether oxygens (including phenoxy) is 1. The highest BCUT2D eigenvalue weighted by atomic mass is 35.5. The number of aromatic nitrogens is 2. The molecular weight excluding hydrogens is 1010 g/mol. The maximum atomic E-state index is 13.1. The average molecular weight is 1030 g/mol. The van der Waals surface area contributed by atoms with Gasteiger partial charge in [-0.2, -0.15) is 4.39 Å². The molecule has 0 radical (unpaired) electrons. The minimum absolute atomic E-state index is 0.0698. The summed E-state index contributed by atoms with van der Waals surface area (Å²) in [5.41, 5.74) is 2.21. The van der Waals surface area contributed by atoms with Crippen LogP contribution in [0.15, 0.2) is 97.3 Å². The van der Waals surface area contributed by atoms with Crippen LogP contribution in [0.2, 0.25) is 40.2 Å². The van der Waals surface area contributed by atoms with Crippen LogP contribution in [0.5, 0.6) is 17.4 Å². The molecule has 2 amide bonds. The molecular formula is C38H25Cl8FN4O8S2. The molecule has 3 N–H and O–H groups in total. The Kier molecular flexibility index (Phi) is 17.3. The minimum atomic E-state index is -3.69. The molecule has 12 nitrogen and oxygen atoms in total. The van der Waals surface area contributed by atoms with Crippen LogP contribution in [0.1, 0.15) is 20.7 Å². The van der Waals surface area contributed by atoms with Crippen LogP contribution >= 0.6 is 92.8 Å². The molecule has 0 aliphatic heterocycles. The lowest BCUT2D eigenvalue weighted by atomic mass is 10.1. The molecule has 2 aromatic heterocycles. The standard InChI is InChI=1S/C19H12Cl4N2O4S.C13H9Cl2FN2O3S.C6H4Cl2O/c1-30(27,28)25-18(26)10-2-3-15(16(22)4-10)11-5-17(23)19(24-9-11)29-14-7-12(20)6-13(21)8-14;1-22(20,21)18-13(19)7-2-3-9(10(14)4-7)8-5-11(15)12(16)17-6-8;7-4-1-5(8)3-6(9)2-4/h2-9H,1H3,(H,25,26);2-6H,1H3,(H,18,19);1-3,9H. The van der Waals surface area contributed by atoms with Crippen molar-refractivity contribution in [3.8, 4) is 39.6 Å². The molecule has 0 saturated heterocycles. The first-order valence-electron chi connectivity index (χ1n) is 16.3. The molecule has 0 spiro atoms. The summed E-state index contributed by atoms with van der Waals surface area (Å²) in [5.74, 6) is -1.79. The Morgan fingerprint density at radius 3 is 1.36 bits per heavy atom. The second-order valence-corrected chi connectivity index (χ2v) is 19.0. The number of rotatable bonds is 8. The Morgan fingerprint density at radius 1 is 0.574 bits per heavy atom. The molecule has 0 atom stereocenters. The van der Waals surface area contributed by atoms with Gasteiger partial charge in [-0.25, -0.2) is 36.2 Å². The number of nitrogens with zero attached hydrogens (tertiary/aromatic N) is 2. The number of carbonyl (C=O) groups is 2. The topological polar surface area (TPSA) is 182 Å². The van der Waals surface area contributed by atoms with E-state index in [-0.39, 0.29) is 42.8 Å². The molecule has 0 aliphatic rings. The Bertz CT molecular complexity index is 2810. The van der Waals surface area contributed by atoms with E-state index in [1.165, 1.54) is 60.9 Å². The van der Waals surface area contributed by atoms with E-state index in [0.29, 0.717) is 48.1 Å². The van der Waals surface area contributed by atoms with E-state index in [4.69, 9.17) is 103 Å². The van der Waals surface area contributed by atoms with Gasteiger partial charge in [-0.05, 0) is 72.8 Å². The predicted octanol–water partition coefficient (Wildman–Crippen LogP) is 11.4. The van der Waals surface area contributed by atoms with Gasteiger partial charge >= 0.3 is 0 Å². The summed E-state index contributed by atoms with van der Waals surface area (Å²) in [5, 5.41) is 10.9. The van der Waals surface area contributed by atoms with Crippen LogP contribution in [0.4, 0.5) is 4.39 Å². The fraction of sp³-hybridized carbons (Fsp3) is 0.0526. The molecule has 2 heterocycles. The van der Waals surface area contributed by atoms with Crippen molar-refractivity contribution in [3.63, 3.8) is 0 Å². The zero-order valence-corrected chi connectivity index (χ0v) is 38.3. The van der Waals surface area contributed by atoms with Crippen LogP contribution in [-0.4, -0.2) is 56.2 Å². The molecule has 6 rings (SSSR count). The number of phenols is 1. The lowest BCUT2D eigenvalue weighted by molar-refractivity contribution is 0.0972. The molecule has 320 valence electrons. The van der Waals surface area contributed by atoms with E-state index in [9.17, 15) is 30.8 Å². The van der Waals surface area contributed by atoms with Crippen molar-refractivity contribution in [2.75, 3.05) is 12.5 Å². The molecule has 6 aromatic rings. The van der Waals surface area contributed by atoms with E-state index >= 15 is 0 Å². The zero-order chi connectivity index (χ0) is 45.4. The summed E-state index contributed by atoms with van der Waals surface area (Å²) in [4.78, 5) is 31.4. The lowest BCUT2D eigenvalue weighted by Gasteiger charge is -2.11. The van der Waals surface area contributed by atoms with E-state index in [1.54, 1.807) is 36.4 Å². The van der Waals surface area contributed by atoms with Crippen LogP contribution < -0.4 is 14.2 Å². The number of carbonyl (C=O) groups excluding carboxylic acids is 2. The third-order valence-corrected chi connectivity index (χ3v) is 10.3. The van der Waals surface area contributed by atoms with Gasteiger partial charge in [-0.1, -0.05) is 105 Å².